The van der Waals surface area contributed by atoms with Crippen LogP contribution in [0.2, 0.25) is 0 Å². The van der Waals surface area contributed by atoms with Crippen LogP contribution in [0.15, 0.2) is 89.8 Å². The molecule has 5 aromatic rings. The number of hydrogen-bond donors (Lipinski definition) is 2. The predicted molar refractivity (Wildman–Crippen MR) is 218 cm³/mol. The zero-order valence-corrected chi connectivity index (χ0v) is 32.9. The van der Waals surface area contributed by atoms with Crippen molar-refractivity contribution in [2.75, 3.05) is 20.5 Å². The SMILES string of the molecule is COc1ccc(C2(c3ccc(OC)cc3)C=Cc3c4c(c5cc(CO)c(SC)cc5c3O2)-c2ccc(CS)cc2C42CC(C)(C)CC(C)(C)C2)cc1. The second-order valence-corrected chi connectivity index (χ2v) is 17.6. The number of rotatable bonds is 7. The van der Waals surface area contributed by atoms with E-state index in [2.05, 4.69) is 101 Å². The minimum absolute atomic E-state index is 0.0307. The van der Waals surface area contributed by atoms with Gasteiger partial charge in [-0.2, -0.15) is 12.6 Å². The van der Waals surface area contributed by atoms with Gasteiger partial charge in [0.15, 0.2) is 5.60 Å². The van der Waals surface area contributed by atoms with Gasteiger partial charge in [-0.1, -0.05) is 76.2 Å². The average Bonchev–Trinajstić information content (AvgIpc) is 3.40. The minimum Gasteiger partial charge on any atom is -0.497 e. The van der Waals surface area contributed by atoms with Crippen LogP contribution in [0, 0.1) is 10.8 Å². The van der Waals surface area contributed by atoms with Crippen molar-refractivity contribution >= 4 is 41.2 Å². The molecule has 4 nitrogen and oxygen atoms in total. The van der Waals surface area contributed by atoms with E-state index >= 15 is 0 Å². The minimum atomic E-state index is -0.926. The monoisotopic (exact) mass is 728 g/mol. The Morgan fingerprint density at radius 1 is 0.788 bits per heavy atom. The van der Waals surface area contributed by atoms with Crippen LogP contribution in [0.3, 0.4) is 0 Å². The molecule has 0 amide bonds. The van der Waals surface area contributed by atoms with Gasteiger partial charge in [-0.15, -0.1) is 11.8 Å². The molecule has 0 saturated heterocycles. The van der Waals surface area contributed by atoms with Gasteiger partial charge in [0.25, 0.3) is 0 Å². The summed E-state index contributed by atoms with van der Waals surface area (Å²) in [6.07, 6.45) is 9.91. The molecule has 6 heteroatoms. The van der Waals surface area contributed by atoms with Crippen LogP contribution in [0.25, 0.3) is 28.0 Å². The smallest absolute Gasteiger partial charge is 0.178 e. The zero-order valence-electron chi connectivity index (χ0n) is 31.2. The summed E-state index contributed by atoms with van der Waals surface area (Å²) in [4.78, 5) is 1.05. The second kappa shape index (κ2) is 12.6. The third kappa shape index (κ3) is 5.39. The summed E-state index contributed by atoms with van der Waals surface area (Å²) in [5.41, 5.74) is 9.70. The predicted octanol–water partition coefficient (Wildman–Crippen LogP) is 11.4. The van der Waals surface area contributed by atoms with E-state index in [9.17, 15) is 5.11 Å². The van der Waals surface area contributed by atoms with Crippen LogP contribution in [-0.2, 0) is 23.4 Å². The molecule has 0 atom stereocenters. The van der Waals surface area contributed by atoms with E-state index < -0.39 is 5.60 Å². The van der Waals surface area contributed by atoms with Gasteiger partial charge in [0.05, 0.1) is 20.8 Å². The van der Waals surface area contributed by atoms with Gasteiger partial charge in [0.2, 0.25) is 0 Å². The molecule has 1 fully saturated rings. The van der Waals surface area contributed by atoms with Gasteiger partial charge in [0.1, 0.15) is 17.2 Å². The first-order valence-corrected chi connectivity index (χ1v) is 20.0. The summed E-state index contributed by atoms with van der Waals surface area (Å²) in [7, 11) is 3.39. The van der Waals surface area contributed by atoms with E-state index in [0.717, 1.165) is 74.4 Å². The molecule has 0 radical (unpaired) electrons. The maximum absolute atomic E-state index is 10.7. The normalized spacial score (nSPS) is 18.4. The highest BCUT2D eigenvalue weighted by molar-refractivity contribution is 7.98. The maximum Gasteiger partial charge on any atom is 0.178 e. The van der Waals surface area contributed by atoms with Crippen LogP contribution >= 0.6 is 24.4 Å². The van der Waals surface area contributed by atoms with E-state index in [4.69, 9.17) is 26.8 Å². The van der Waals surface area contributed by atoms with Crippen molar-refractivity contribution in [1.29, 1.82) is 0 Å². The lowest BCUT2D eigenvalue weighted by Crippen LogP contribution is -2.44. The standard InChI is InChI=1S/C46H48O4S2/c1-43(2)25-44(3,4)27-45(26-43)38-20-28(24-51)8-17-34(38)40-36-21-29(23-47)39(52-7)22-37(36)42-35(41(40)45)18-19-46(50-42,30-9-13-32(48-5)14-10-30)31-11-15-33(49-6)16-12-31/h8-22,47,51H,23-27H2,1-7H3. The Hall–Kier alpha value is -3.84. The van der Waals surface area contributed by atoms with Crippen LogP contribution < -0.4 is 14.2 Å². The Kier molecular flexibility index (Phi) is 8.56. The Bertz CT molecular complexity index is 2170. The molecule has 0 unspecified atom stereocenters. The molecular weight excluding hydrogens is 681 g/mol. The fourth-order valence-electron chi connectivity index (χ4n) is 10.4. The Balaban J connectivity index is 1.50. The topological polar surface area (TPSA) is 47.9 Å². The van der Waals surface area contributed by atoms with Gasteiger partial charge in [-0.05, 0) is 118 Å². The number of fused-ring (bicyclic) bond motifs is 10. The number of aliphatic hydroxyl groups excluding tert-OH is 1. The quantitative estimate of drug-likeness (QED) is 0.129. The van der Waals surface area contributed by atoms with Crippen molar-refractivity contribution in [2.24, 2.45) is 10.8 Å². The summed E-state index contributed by atoms with van der Waals surface area (Å²) in [6, 6.07) is 27.9. The van der Waals surface area contributed by atoms with Crippen molar-refractivity contribution in [1.82, 2.24) is 0 Å². The first kappa shape index (κ1) is 35.2. The Morgan fingerprint density at radius 3 is 1.94 bits per heavy atom. The van der Waals surface area contributed by atoms with E-state index in [1.165, 1.54) is 27.8 Å². The number of thioether (sulfide) groups is 1. The molecule has 1 N–H and O–H groups in total. The number of hydrogen-bond acceptors (Lipinski definition) is 6. The summed E-state index contributed by atoms with van der Waals surface area (Å²) in [5.74, 6) is 3.15. The first-order valence-electron chi connectivity index (χ1n) is 18.2. The molecule has 1 saturated carbocycles. The number of benzene rings is 5. The summed E-state index contributed by atoms with van der Waals surface area (Å²) in [6.45, 7) is 9.76. The van der Waals surface area contributed by atoms with Crippen molar-refractivity contribution < 1.29 is 19.3 Å². The van der Waals surface area contributed by atoms with Crippen molar-refractivity contribution in [3.05, 3.63) is 124 Å². The van der Waals surface area contributed by atoms with Gasteiger partial charge >= 0.3 is 0 Å². The second-order valence-electron chi connectivity index (χ2n) is 16.5. The molecule has 0 bridgehead atoms. The van der Waals surface area contributed by atoms with Gasteiger partial charge in [-0.25, -0.2) is 0 Å². The fourth-order valence-corrected chi connectivity index (χ4v) is 11.2. The summed E-state index contributed by atoms with van der Waals surface area (Å²) >= 11 is 6.42. The average molecular weight is 729 g/mol. The van der Waals surface area contributed by atoms with Crippen molar-refractivity contribution in [3.63, 3.8) is 0 Å². The molecule has 52 heavy (non-hydrogen) atoms. The highest BCUT2D eigenvalue weighted by Crippen LogP contribution is 2.67. The molecule has 1 spiro atoms. The molecule has 1 aliphatic heterocycles. The lowest BCUT2D eigenvalue weighted by Gasteiger charge is -2.52. The third-order valence-electron chi connectivity index (χ3n) is 11.7. The van der Waals surface area contributed by atoms with Crippen LogP contribution in [-0.4, -0.2) is 25.6 Å². The number of ether oxygens (including phenoxy) is 3. The summed E-state index contributed by atoms with van der Waals surface area (Å²) < 4.78 is 18.8. The fraction of sp³-hybridized carbons (Fsp3) is 0.348. The molecule has 268 valence electrons. The third-order valence-corrected chi connectivity index (χ3v) is 12.9. The molecule has 1 heterocycles. The largest absolute Gasteiger partial charge is 0.497 e. The molecular formula is C46H48O4S2. The van der Waals surface area contributed by atoms with Gasteiger partial charge in [0, 0.05) is 38.1 Å². The molecule has 3 aliphatic rings. The first-order chi connectivity index (χ1) is 24.9. The highest BCUT2D eigenvalue weighted by Gasteiger charge is 2.55. The highest BCUT2D eigenvalue weighted by atomic mass is 32.2. The Morgan fingerprint density at radius 2 is 1.40 bits per heavy atom. The maximum atomic E-state index is 10.7. The molecule has 8 rings (SSSR count). The van der Waals surface area contributed by atoms with Crippen LogP contribution in [0.1, 0.15) is 85.9 Å². The zero-order chi connectivity index (χ0) is 36.6. The Labute approximate surface area is 318 Å². The lowest BCUT2D eigenvalue weighted by atomic mass is 9.52. The van der Waals surface area contributed by atoms with Crippen LogP contribution in [0.5, 0.6) is 17.2 Å². The van der Waals surface area contributed by atoms with E-state index in [-0.39, 0.29) is 22.9 Å². The molecule has 0 aromatic heterocycles. The van der Waals surface area contributed by atoms with Gasteiger partial charge in [-0.3, -0.25) is 0 Å². The van der Waals surface area contributed by atoms with Crippen molar-refractivity contribution in [2.45, 2.75) is 75.2 Å². The number of aliphatic hydroxyl groups is 1. The van der Waals surface area contributed by atoms with E-state index in [1.807, 2.05) is 24.3 Å². The van der Waals surface area contributed by atoms with E-state index in [0.29, 0.717) is 5.75 Å². The van der Waals surface area contributed by atoms with E-state index in [1.54, 1.807) is 26.0 Å². The molecule has 2 aliphatic carbocycles. The number of methoxy groups -OCH3 is 2. The summed E-state index contributed by atoms with van der Waals surface area (Å²) in [5, 5.41) is 12.9. The number of thiol groups is 1. The van der Waals surface area contributed by atoms with Crippen LogP contribution in [0.4, 0.5) is 0 Å². The van der Waals surface area contributed by atoms with Crippen molar-refractivity contribution in [3.8, 4) is 28.4 Å². The lowest BCUT2D eigenvalue weighted by molar-refractivity contribution is 0.0641. The molecule has 5 aromatic carbocycles. The van der Waals surface area contributed by atoms with Gasteiger partial charge < -0.3 is 19.3 Å².